The lowest BCUT2D eigenvalue weighted by atomic mass is 9.95. The van der Waals surface area contributed by atoms with Gasteiger partial charge in [0.05, 0.1) is 29.7 Å². The van der Waals surface area contributed by atoms with Gasteiger partial charge in [0.2, 0.25) is 5.95 Å². The molecule has 1 fully saturated rings. The number of rotatable bonds is 8. The molecule has 2 N–H and O–H groups in total. The van der Waals surface area contributed by atoms with Crippen LogP contribution in [-0.4, -0.2) is 82.0 Å². The Morgan fingerprint density at radius 3 is 2.74 bits per heavy atom. The highest BCUT2D eigenvalue weighted by Crippen LogP contribution is 2.33. The van der Waals surface area contributed by atoms with E-state index in [0.717, 1.165) is 46.9 Å². The summed E-state index contributed by atoms with van der Waals surface area (Å²) in [4.78, 5) is 26.4. The third-order valence-corrected chi connectivity index (χ3v) is 8.05. The quantitative estimate of drug-likeness (QED) is 0.310. The number of methoxy groups -OCH3 is 1. The van der Waals surface area contributed by atoms with Crippen LogP contribution in [0, 0.1) is 12.9 Å². The highest BCUT2D eigenvalue weighted by Gasteiger charge is 2.35. The minimum atomic E-state index is -0.534. The molecule has 1 aromatic carbocycles. The Bertz CT molecular complexity index is 1580. The zero-order valence-electron chi connectivity index (χ0n) is 24.0. The first-order valence-corrected chi connectivity index (χ1v) is 14.1. The minimum absolute atomic E-state index is 0.101. The normalized spacial score (nSPS) is 18.8. The fourth-order valence-corrected chi connectivity index (χ4v) is 5.96. The Labute approximate surface area is 244 Å². The van der Waals surface area contributed by atoms with Gasteiger partial charge >= 0.3 is 6.03 Å². The number of carbonyl (C=O) groups is 1. The fraction of sp³-hybridized carbons (Fsp3) is 0.355. The van der Waals surface area contributed by atoms with E-state index in [0.29, 0.717) is 32.1 Å². The van der Waals surface area contributed by atoms with Crippen LogP contribution in [0.15, 0.2) is 60.9 Å². The van der Waals surface area contributed by atoms with Crippen LogP contribution in [0.3, 0.4) is 0 Å². The van der Waals surface area contributed by atoms with Crippen molar-refractivity contribution < 1.29 is 13.9 Å². The number of halogens is 1. The molecule has 6 rings (SSSR count). The summed E-state index contributed by atoms with van der Waals surface area (Å²) >= 11 is 0. The van der Waals surface area contributed by atoms with Gasteiger partial charge < -0.3 is 10.1 Å². The van der Waals surface area contributed by atoms with E-state index >= 15 is 0 Å². The molecule has 0 radical (unpaired) electrons. The van der Waals surface area contributed by atoms with Gasteiger partial charge in [-0.05, 0) is 55.4 Å². The number of para-hydroxylation sites is 1. The number of nitrogens with one attached hydrogen (secondary N) is 2. The van der Waals surface area contributed by atoms with E-state index in [4.69, 9.17) is 14.8 Å². The van der Waals surface area contributed by atoms with Gasteiger partial charge in [-0.15, -0.1) is 0 Å². The molecule has 2 amide bonds. The van der Waals surface area contributed by atoms with E-state index in [1.165, 1.54) is 17.8 Å². The zero-order valence-corrected chi connectivity index (χ0v) is 24.0. The molecule has 0 spiro atoms. The number of fused-ring (bicyclic) bond motifs is 1. The lowest BCUT2D eigenvalue weighted by Crippen LogP contribution is -2.42. The van der Waals surface area contributed by atoms with Gasteiger partial charge in [-0.2, -0.15) is 9.49 Å². The molecule has 5 heterocycles. The molecule has 0 bridgehead atoms. The summed E-state index contributed by atoms with van der Waals surface area (Å²) in [6.07, 6.45) is 3.33. The van der Waals surface area contributed by atoms with E-state index < -0.39 is 5.95 Å². The molecule has 2 atom stereocenters. The van der Waals surface area contributed by atoms with Gasteiger partial charge in [0.1, 0.15) is 5.82 Å². The SMILES string of the molecule is COCCN1C[C@@H](NC(=O)Nc2c(C)c(-c3cnc4c(c3)CN(C)C4)nn2-c2ccccc2)[C@H](c2ccnc(F)c2)C1. The van der Waals surface area contributed by atoms with E-state index in [9.17, 15) is 9.18 Å². The van der Waals surface area contributed by atoms with Crippen LogP contribution in [0.1, 0.15) is 28.3 Å². The van der Waals surface area contributed by atoms with Crippen molar-refractivity contribution in [1.29, 1.82) is 0 Å². The third kappa shape index (κ3) is 5.76. The molecule has 42 heavy (non-hydrogen) atoms. The van der Waals surface area contributed by atoms with Crippen molar-refractivity contribution in [1.82, 2.24) is 34.9 Å². The number of likely N-dealkylation sites (tertiary alicyclic amines) is 1. The van der Waals surface area contributed by atoms with E-state index in [-0.39, 0.29) is 18.0 Å². The predicted molar refractivity (Wildman–Crippen MR) is 158 cm³/mol. The van der Waals surface area contributed by atoms with Crippen LogP contribution in [0.25, 0.3) is 16.9 Å². The maximum absolute atomic E-state index is 14.0. The van der Waals surface area contributed by atoms with Crippen LogP contribution in [0.5, 0.6) is 0 Å². The zero-order chi connectivity index (χ0) is 29.2. The Morgan fingerprint density at radius 1 is 1.12 bits per heavy atom. The largest absolute Gasteiger partial charge is 0.383 e. The maximum Gasteiger partial charge on any atom is 0.320 e. The third-order valence-electron chi connectivity index (χ3n) is 8.05. The molecule has 3 aromatic heterocycles. The van der Waals surface area contributed by atoms with Gasteiger partial charge in [-0.3, -0.25) is 20.1 Å². The van der Waals surface area contributed by atoms with Crippen LogP contribution >= 0.6 is 0 Å². The molecule has 0 unspecified atom stereocenters. The summed E-state index contributed by atoms with van der Waals surface area (Å²) in [5.74, 6) is -0.0582. The average molecular weight is 571 g/mol. The second-order valence-electron chi connectivity index (χ2n) is 11.0. The molecule has 10 nitrogen and oxygen atoms in total. The summed E-state index contributed by atoms with van der Waals surface area (Å²) in [5, 5.41) is 11.2. The number of anilines is 1. The van der Waals surface area contributed by atoms with E-state index in [1.807, 2.05) is 49.5 Å². The first kappa shape index (κ1) is 28.0. The molecule has 11 heteroatoms. The lowest BCUT2D eigenvalue weighted by Gasteiger charge is -2.21. The number of amides is 2. The van der Waals surface area contributed by atoms with Crippen molar-refractivity contribution >= 4 is 11.8 Å². The van der Waals surface area contributed by atoms with E-state index in [1.54, 1.807) is 11.8 Å². The summed E-state index contributed by atoms with van der Waals surface area (Å²) < 4.78 is 21.1. The second-order valence-corrected chi connectivity index (χ2v) is 11.0. The van der Waals surface area contributed by atoms with Crippen LogP contribution in [0.2, 0.25) is 0 Å². The Balaban J connectivity index is 1.28. The highest BCUT2D eigenvalue weighted by atomic mass is 19.1. The average Bonchev–Trinajstić information content (AvgIpc) is 3.66. The number of carbonyl (C=O) groups excluding carboxylic acids is 1. The van der Waals surface area contributed by atoms with Crippen LogP contribution in [-0.2, 0) is 17.8 Å². The minimum Gasteiger partial charge on any atom is -0.383 e. The molecule has 0 aliphatic carbocycles. The number of aromatic nitrogens is 4. The van der Waals surface area contributed by atoms with Crippen LogP contribution < -0.4 is 10.6 Å². The van der Waals surface area contributed by atoms with Crippen molar-refractivity contribution in [3.05, 3.63) is 89.3 Å². The molecule has 2 aliphatic heterocycles. The van der Waals surface area contributed by atoms with Crippen molar-refractivity contribution in [3.63, 3.8) is 0 Å². The smallest absolute Gasteiger partial charge is 0.320 e. The predicted octanol–water partition coefficient (Wildman–Crippen LogP) is 3.96. The Morgan fingerprint density at radius 2 is 1.95 bits per heavy atom. The molecule has 0 saturated carbocycles. The van der Waals surface area contributed by atoms with Crippen LogP contribution in [0.4, 0.5) is 15.0 Å². The van der Waals surface area contributed by atoms with Gasteiger partial charge in [0.25, 0.3) is 0 Å². The van der Waals surface area contributed by atoms with Crippen molar-refractivity contribution in [2.24, 2.45) is 0 Å². The second kappa shape index (κ2) is 12.0. The molecular weight excluding hydrogens is 535 g/mol. The summed E-state index contributed by atoms with van der Waals surface area (Å²) in [5.41, 5.74) is 6.40. The number of hydrogen-bond donors (Lipinski definition) is 2. The van der Waals surface area contributed by atoms with Gasteiger partial charge in [-0.25, -0.2) is 14.5 Å². The Hall–Kier alpha value is -4.19. The summed E-state index contributed by atoms with van der Waals surface area (Å²) in [6.45, 7) is 6.20. The number of pyridine rings is 2. The van der Waals surface area contributed by atoms with Gasteiger partial charge in [0, 0.05) is 69.3 Å². The number of nitrogens with zero attached hydrogens (tertiary/aromatic N) is 6. The fourth-order valence-electron chi connectivity index (χ4n) is 5.96. The number of hydrogen-bond acceptors (Lipinski definition) is 7. The molecule has 218 valence electrons. The lowest BCUT2D eigenvalue weighted by molar-refractivity contribution is 0.159. The molecule has 4 aromatic rings. The van der Waals surface area contributed by atoms with E-state index in [2.05, 4.69) is 38.5 Å². The maximum atomic E-state index is 14.0. The van der Waals surface area contributed by atoms with Crippen molar-refractivity contribution in [2.75, 3.05) is 45.7 Å². The molecule has 2 aliphatic rings. The topological polar surface area (TPSA) is 100 Å². The monoisotopic (exact) mass is 570 g/mol. The van der Waals surface area contributed by atoms with Crippen molar-refractivity contribution in [3.8, 4) is 16.9 Å². The summed E-state index contributed by atoms with van der Waals surface area (Å²) in [7, 11) is 3.74. The van der Waals surface area contributed by atoms with Gasteiger partial charge in [0.15, 0.2) is 0 Å². The number of ether oxygens (including phenoxy) is 1. The molecular formula is C31H35FN8O2. The molecule has 1 saturated heterocycles. The number of benzene rings is 1. The standard InChI is InChI=1S/C31H35FN8O2/c1-20-29(22-13-23-16-38(2)18-26(23)34-15-22)37-40(24-7-5-4-6-8-24)30(20)36-31(41)35-27-19-39(11-12-42-3)17-25(27)21-9-10-33-28(32)14-21/h4-10,13-15,25,27H,11-12,16-19H2,1-3H3,(H2,35,36,41)/t25-,27+/m0/s1. The number of urea groups is 1. The van der Waals surface area contributed by atoms with Crippen molar-refractivity contribution in [2.45, 2.75) is 32.0 Å². The first-order valence-electron chi connectivity index (χ1n) is 14.1. The first-order chi connectivity index (χ1) is 20.4. The highest BCUT2D eigenvalue weighted by molar-refractivity contribution is 5.91. The summed E-state index contributed by atoms with van der Waals surface area (Å²) in [6, 6.07) is 14.5. The Kier molecular flexibility index (Phi) is 7.96. The van der Waals surface area contributed by atoms with Gasteiger partial charge in [-0.1, -0.05) is 18.2 Å².